The molecule has 0 bridgehead atoms. The summed E-state index contributed by atoms with van der Waals surface area (Å²) in [4.78, 5) is 0. The van der Waals surface area contributed by atoms with Gasteiger partial charge in [0.15, 0.2) is 10.9 Å². The average molecular weight is 274 g/mol. The number of hydrogen-bond acceptors (Lipinski definition) is 2. The van der Waals surface area contributed by atoms with Crippen molar-refractivity contribution in [3.63, 3.8) is 0 Å². The number of alkyl halides is 3. The third kappa shape index (κ3) is 2.07. The summed E-state index contributed by atoms with van der Waals surface area (Å²) in [6.07, 6.45) is -2.98. The highest BCUT2D eigenvalue weighted by Crippen LogP contribution is 2.51. The van der Waals surface area contributed by atoms with Gasteiger partial charge in [-0.2, -0.15) is 8.42 Å². The molecule has 0 aromatic rings. The van der Waals surface area contributed by atoms with Crippen LogP contribution < -0.4 is 0 Å². The fourth-order valence-electron chi connectivity index (χ4n) is 2.29. The van der Waals surface area contributed by atoms with E-state index in [0.29, 0.717) is 6.92 Å². The van der Waals surface area contributed by atoms with E-state index < -0.39 is 39.3 Å². The minimum Gasteiger partial charge on any atom is -0.285 e. The highest BCUT2D eigenvalue weighted by molar-refractivity contribution is 7.87. The standard InChI is InChI=1S/C10H17F3O3S/c1-6(2)7-4-5-9(3,17(14,15)16)10(12,13)8(7)11/h6-8H,4-5H2,1-3H3,(H,14,15,16). The third-order valence-corrected chi connectivity index (χ3v) is 5.42. The highest BCUT2D eigenvalue weighted by atomic mass is 32.2. The van der Waals surface area contributed by atoms with E-state index in [4.69, 9.17) is 4.55 Å². The van der Waals surface area contributed by atoms with Crippen LogP contribution in [0.15, 0.2) is 0 Å². The van der Waals surface area contributed by atoms with Crippen LogP contribution in [0.5, 0.6) is 0 Å². The third-order valence-electron chi connectivity index (χ3n) is 3.81. The topological polar surface area (TPSA) is 54.4 Å². The van der Waals surface area contributed by atoms with E-state index in [1.165, 1.54) is 0 Å². The first kappa shape index (κ1) is 14.8. The fourth-order valence-corrected chi connectivity index (χ4v) is 3.12. The number of hydrogen-bond donors (Lipinski definition) is 1. The molecule has 1 rings (SSSR count). The molecule has 0 aromatic heterocycles. The lowest BCUT2D eigenvalue weighted by molar-refractivity contribution is -0.152. The Morgan fingerprint density at radius 1 is 1.35 bits per heavy atom. The molecule has 0 aliphatic heterocycles. The average Bonchev–Trinajstić information content (AvgIpc) is 2.12. The molecule has 7 heteroatoms. The molecule has 1 aliphatic rings. The van der Waals surface area contributed by atoms with E-state index in [2.05, 4.69) is 0 Å². The predicted molar refractivity (Wildman–Crippen MR) is 57.4 cm³/mol. The Morgan fingerprint density at radius 2 is 1.82 bits per heavy atom. The van der Waals surface area contributed by atoms with Crippen molar-refractivity contribution in [1.82, 2.24) is 0 Å². The maximum Gasteiger partial charge on any atom is 0.300 e. The zero-order valence-electron chi connectivity index (χ0n) is 9.95. The van der Waals surface area contributed by atoms with Crippen LogP contribution >= 0.6 is 0 Å². The van der Waals surface area contributed by atoms with Crippen molar-refractivity contribution in [1.29, 1.82) is 0 Å². The van der Waals surface area contributed by atoms with Crippen molar-refractivity contribution in [2.75, 3.05) is 0 Å². The van der Waals surface area contributed by atoms with Gasteiger partial charge in [-0.25, -0.2) is 13.2 Å². The van der Waals surface area contributed by atoms with Crippen LogP contribution in [-0.2, 0) is 10.1 Å². The van der Waals surface area contributed by atoms with Crippen LogP contribution in [-0.4, -0.2) is 29.8 Å². The second kappa shape index (κ2) is 4.12. The molecule has 0 spiro atoms. The minimum absolute atomic E-state index is 0.0186. The van der Waals surface area contributed by atoms with Gasteiger partial charge in [0.1, 0.15) is 0 Å². The second-order valence-corrected chi connectivity index (χ2v) is 7.03. The summed E-state index contributed by atoms with van der Waals surface area (Å²) in [6, 6.07) is 0. The highest BCUT2D eigenvalue weighted by Gasteiger charge is 2.67. The normalized spacial score (nSPS) is 38.4. The molecule has 0 heterocycles. The van der Waals surface area contributed by atoms with E-state index in [1.54, 1.807) is 13.8 Å². The van der Waals surface area contributed by atoms with Gasteiger partial charge in [0.2, 0.25) is 0 Å². The molecule has 0 radical (unpaired) electrons. The second-order valence-electron chi connectivity index (χ2n) is 5.18. The molecule has 1 aliphatic carbocycles. The summed E-state index contributed by atoms with van der Waals surface area (Å²) >= 11 is 0. The SMILES string of the molecule is CC(C)C1CCC(C)(S(=O)(=O)O)C(F)(F)C1F. The lowest BCUT2D eigenvalue weighted by Gasteiger charge is -2.44. The van der Waals surface area contributed by atoms with Crippen molar-refractivity contribution in [3.8, 4) is 0 Å². The van der Waals surface area contributed by atoms with E-state index in [1.807, 2.05) is 0 Å². The van der Waals surface area contributed by atoms with Crippen LogP contribution in [0.25, 0.3) is 0 Å². The fraction of sp³-hybridized carbons (Fsp3) is 1.00. The van der Waals surface area contributed by atoms with Gasteiger partial charge in [0.25, 0.3) is 16.0 Å². The van der Waals surface area contributed by atoms with E-state index >= 15 is 0 Å². The lowest BCUT2D eigenvalue weighted by Crippen LogP contribution is -2.62. The summed E-state index contributed by atoms with van der Waals surface area (Å²) in [7, 11) is -5.01. The molecule has 1 N–H and O–H groups in total. The molecular weight excluding hydrogens is 257 g/mol. The lowest BCUT2D eigenvalue weighted by atomic mass is 9.73. The van der Waals surface area contributed by atoms with Crippen LogP contribution in [0.2, 0.25) is 0 Å². The Morgan fingerprint density at radius 3 is 2.18 bits per heavy atom. The number of rotatable bonds is 2. The van der Waals surface area contributed by atoms with Crippen LogP contribution in [0, 0.1) is 11.8 Å². The molecule has 3 nitrogen and oxygen atoms in total. The van der Waals surface area contributed by atoms with Crippen molar-refractivity contribution in [2.45, 2.75) is 50.5 Å². The molecule has 0 saturated heterocycles. The summed E-state index contributed by atoms with van der Waals surface area (Å²) in [5.41, 5.74) is 0. The summed E-state index contributed by atoms with van der Waals surface area (Å²) in [5.74, 6) is -5.27. The summed E-state index contributed by atoms with van der Waals surface area (Å²) in [5, 5.41) is 0. The molecule has 0 amide bonds. The van der Waals surface area contributed by atoms with Gasteiger partial charge in [-0.15, -0.1) is 0 Å². The molecule has 1 saturated carbocycles. The molecule has 3 unspecified atom stereocenters. The Bertz CT molecular complexity index is 394. The van der Waals surface area contributed by atoms with E-state index in [-0.39, 0.29) is 12.3 Å². The van der Waals surface area contributed by atoms with Crippen molar-refractivity contribution in [2.24, 2.45) is 11.8 Å². The first-order chi connectivity index (χ1) is 7.45. The maximum atomic E-state index is 13.8. The first-order valence-electron chi connectivity index (χ1n) is 5.44. The minimum atomic E-state index is -5.01. The monoisotopic (exact) mass is 274 g/mol. The molecule has 102 valence electrons. The van der Waals surface area contributed by atoms with Crippen LogP contribution in [0.4, 0.5) is 13.2 Å². The molecule has 1 fully saturated rings. The zero-order chi connectivity index (χ0) is 13.6. The maximum absolute atomic E-state index is 13.8. The van der Waals surface area contributed by atoms with Crippen molar-refractivity contribution in [3.05, 3.63) is 0 Å². The molecule has 17 heavy (non-hydrogen) atoms. The Hall–Kier alpha value is -0.300. The largest absolute Gasteiger partial charge is 0.300 e. The summed E-state index contributed by atoms with van der Waals surface area (Å²) in [6.45, 7) is 3.93. The molecular formula is C10H17F3O3S. The first-order valence-corrected chi connectivity index (χ1v) is 6.88. The van der Waals surface area contributed by atoms with Gasteiger partial charge in [0, 0.05) is 0 Å². The van der Waals surface area contributed by atoms with Gasteiger partial charge < -0.3 is 0 Å². The van der Waals surface area contributed by atoms with Crippen LogP contribution in [0.1, 0.15) is 33.6 Å². The molecule has 3 atom stereocenters. The zero-order valence-corrected chi connectivity index (χ0v) is 10.8. The van der Waals surface area contributed by atoms with Gasteiger partial charge in [-0.05, 0) is 31.6 Å². The van der Waals surface area contributed by atoms with Gasteiger partial charge in [-0.1, -0.05) is 13.8 Å². The predicted octanol–water partition coefficient (Wildman–Crippen LogP) is 2.67. The summed E-state index contributed by atoms with van der Waals surface area (Å²) < 4.78 is 69.7. The molecule has 0 aromatic carbocycles. The Labute approximate surface area is 99.1 Å². The van der Waals surface area contributed by atoms with Crippen molar-refractivity contribution < 1.29 is 26.1 Å². The Kier molecular flexibility index (Phi) is 3.58. The van der Waals surface area contributed by atoms with Crippen molar-refractivity contribution >= 4 is 10.1 Å². The van der Waals surface area contributed by atoms with Gasteiger partial charge in [-0.3, -0.25) is 4.55 Å². The van der Waals surface area contributed by atoms with Crippen LogP contribution in [0.3, 0.4) is 0 Å². The van der Waals surface area contributed by atoms with Gasteiger partial charge in [0.05, 0.1) is 0 Å². The Balaban J connectivity index is 3.20. The number of halogens is 3. The van der Waals surface area contributed by atoms with E-state index in [9.17, 15) is 21.6 Å². The quantitative estimate of drug-likeness (QED) is 0.788. The van der Waals surface area contributed by atoms with E-state index in [0.717, 1.165) is 0 Å². The van der Waals surface area contributed by atoms with Gasteiger partial charge >= 0.3 is 0 Å². The smallest absolute Gasteiger partial charge is 0.285 e.